The van der Waals surface area contributed by atoms with Crippen molar-refractivity contribution < 1.29 is 19.2 Å². The summed E-state index contributed by atoms with van der Waals surface area (Å²) in [6.45, 7) is 9.00. The van der Waals surface area contributed by atoms with E-state index in [0.717, 1.165) is 5.69 Å². The van der Waals surface area contributed by atoms with Gasteiger partial charge in [-0.15, -0.1) is 11.3 Å². The van der Waals surface area contributed by atoms with Gasteiger partial charge in [-0.25, -0.2) is 20.1 Å². The molecule has 0 aromatic carbocycles. The minimum absolute atomic E-state index is 0.101. The SMILES string of the molecule is Cc1csc(NC(=O)NOC[C@@H](C)NC(=O)OC(C)(C)C)n1. The van der Waals surface area contributed by atoms with Gasteiger partial charge < -0.3 is 10.1 Å². The molecule has 1 atom stereocenters. The number of hydrogen-bond acceptors (Lipinski definition) is 6. The van der Waals surface area contributed by atoms with Gasteiger partial charge in [-0.05, 0) is 34.6 Å². The van der Waals surface area contributed by atoms with Crippen molar-refractivity contribution in [1.82, 2.24) is 15.8 Å². The Kier molecular flexibility index (Phi) is 6.57. The fourth-order valence-corrected chi connectivity index (χ4v) is 2.00. The second kappa shape index (κ2) is 7.95. The summed E-state index contributed by atoms with van der Waals surface area (Å²) in [6.07, 6.45) is -0.536. The lowest BCUT2D eigenvalue weighted by Gasteiger charge is -2.21. The van der Waals surface area contributed by atoms with E-state index in [1.165, 1.54) is 11.3 Å². The molecule has 9 heteroatoms. The molecule has 124 valence electrons. The van der Waals surface area contributed by atoms with E-state index in [0.29, 0.717) is 5.13 Å². The molecule has 0 saturated carbocycles. The van der Waals surface area contributed by atoms with Crippen LogP contribution in [0.15, 0.2) is 5.38 Å². The number of aryl methyl sites for hydroxylation is 1. The molecule has 1 rings (SSSR count). The Morgan fingerprint density at radius 2 is 2.09 bits per heavy atom. The molecule has 1 aromatic rings. The Bertz CT molecular complexity index is 512. The second-order valence-corrected chi connectivity index (χ2v) is 6.57. The largest absolute Gasteiger partial charge is 0.444 e. The molecule has 0 aliphatic carbocycles. The molecule has 8 nitrogen and oxygen atoms in total. The number of ether oxygens (including phenoxy) is 1. The first-order chi connectivity index (χ1) is 10.2. The van der Waals surface area contributed by atoms with Gasteiger partial charge >= 0.3 is 12.1 Å². The molecule has 0 saturated heterocycles. The average molecular weight is 330 g/mol. The zero-order valence-corrected chi connectivity index (χ0v) is 14.2. The highest BCUT2D eigenvalue weighted by Gasteiger charge is 2.17. The Morgan fingerprint density at radius 3 is 2.64 bits per heavy atom. The van der Waals surface area contributed by atoms with Crippen LogP contribution in [0.1, 0.15) is 33.4 Å². The molecule has 0 unspecified atom stereocenters. The van der Waals surface area contributed by atoms with Gasteiger partial charge in [0.15, 0.2) is 5.13 Å². The maximum absolute atomic E-state index is 11.5. The van der Waals surface area contributed by atoms with E-state index >= 15 is 0 Å². The number of carbonyl (C=O) groups excluding carboxylic acids is 2. The predicted octanol–water partition coefficient (Wildman–Crippen LogP) is 2.42. The topological polar surface area (TPSA) is 102 Å². The van der Waals surface area contributed by atoms with Crippen LogP contribution >= 0.6 is 11.3 Å². The first-order valence-electron chi connectivity index (χ1n) is 6.76. The lowest BCUT2D eigenvalue weighted by molar-refractivity contribution is 0.0343. The number of carbonyl (C=O) groups is 2. The summed E-state index contributed by atoms with van der Waals surface area (Å²) in [4.78, 5) is 32.1. The van der Waals surface area contributed by atoms with Crippen molar-refractivity contribution in [2.45, 2.75) is 46.3 Å². The predicted molar refractivity (Wildman–Crippen MR) is 83.8 cm³/mol. The number of hydrogen-bond donors (Lipinski definition) is 3. The van der Waals surface area contributed by atoms with Gasteiger partial charge in [0.2, 0.25) is 0 Å². The molecular formula is C13H22N4O4S. The summed E-state index contributed by atoms with van der Waals surface area (Å²) >= 11 is 1.32. The van der Waals surface area contributed by atoms with Crippen LogP contribution in [0.4, 0.5) is 14.7 Å². The molecular weight excluding hydrogens is 308 g/mol. The van der Waals surface area contributed by atoms with Crippen molar-refractivity contribution in [3.63, 3.8) is 0 Å². The molecule has 3 amide bonds. The van der Waals surface area contributed by atoms with Crippen molar-refractivity contribution in [2.24, 2.45) is 0 Å². The van der Waals surface area contributed by atoms with Crippen molar-refractivity contribution in [3.8, 4) is 0 Å². The van der Waals surface area contributed by atoms with E-state index in [1.54, 1.807) is 27.7 Å². The van der Waals surface area contributed by atoms with E-state index < -0.39 is 17.7 Å². The zero-order chi connectivity index (χ0) is 16.8. The normalized spacial score (nSPS) is 12.4. The van der Waals surface area contributed by atoms with Crippen LogP contribution in [-0.2, 0) is 9.57 Å². The van der Waals surface area contributed by atoms with E-state index in [-0.39, 0.29) is 12.6 Å². The third-order valence-corrected chi connectivity index (χ3v) is 2.98. The van der Waals surface area contributed by atoms with Crippen LogP contribution in [0, 0.1) is 6.92 Å². The maximum Gasteiger partial charge on any atom is 0.407 e. The van der Waals surface area contributed by atoms with Crippen molar-refractivity contribution in [2.75, 3.05) is 11.9 Å². The summed E-state index contributed by atoms with van der Waals surface area (Å²) in [5.74, 6) is 0. The molecule has 1 heterocycles. The highest BCUT2D eigenvalue weighted by atomic mass is 32.1. The lowest BCUT2D eigenvalue weighted by Crippen LogP contribution is -2.41. The van der Waals surface area contributed by atoms with Crippen molar-refractivity contribution in [1.29, 1.82) is 0 Å². The molecule has 0 aliphatic heterocycles. The Morgan fingerprint density at radius 1 is 1.41 bits per heavy atom. The quantitative estimate of drug-likeness (QED) is 0.720. The number of anilines is 1. The molecule has 0 aliphatic rings. The van der Waals surface area contributed by atoms with Crippen molar-refractivity contribution >= 4 is 28.6 Å². The van der Waals surface area contributed by atoms with Gasteiger partial charge in [-0.1, -0.05) is 0 Å². The first-order valence-corrected chi connectivity index (χ1v) is 7.64. The van der Waals surface area contributed by atoms with Gasteiger partial charge in [-0.3, -0.25) is 10.2 Å². The lowest BCUT2D eigenvalue weighted by atomic mass is 10.2. The number of nitrogens with one attached hydrogen (secondary N) is 3. The number of urea groups is 1. The van der Waals surface area contributed by atoms with E-state index in [1.807, 2.05) is 12.3 Å². The Hall–Kier alpha value is -1.87. The molecule has 0 spiro atoms. The number of alkyl carbamates (subject to hydrolysis) is 1. The Balaban J connectivity index is 2.20. The first kappa shape index (κ1) is 18.2. The van der Waals surface area contributed by atoms with Gasteiger partial charge in [-0.2, -0.15) is 0 Å². The van der Waals surface area contributed by atoms with Crippen molar-refractivity contribution in [3.05, 3.63) is 11.1 Å². The van der Waals surface area contributed by atoms with Gasteiger partial charge in [0.1, 0.15) is 5.60 Å². The molecule has 0 radical (unpaired) electrons. The minimum Gasteiger partial charge on any atom is -0.444 e. The standard InChI is InChI=1S/C13H22N4O4S/c1-8(15-12(19)21-13(3,4)5)6-20-17-10(18)16-11-14-9(2)7-22-11/h7-8H,6H2,1-5H3,(H,15,19)(H2,14,16,17,18)/t8-/m1/s1. The monoisotopic (exact) mass is 330 g/mol. The molecule has 0 bridgehead atoms. The van der Waals surface area contributed by atoms with Crippen LogP contribution < -0.4 is 16.1 Å². The smallest absolute Gasteiger partial charge is 0.407 e. The number of hydroxylamine groups is 1. The van der Waals surface area contributed by atoms with Crippen LogP contribution in [-0.4, -0.2) is 35.4 Å². The van der Waals surface area contributed by atoms with E-state index in [4.69, 9.17) is 9.57 Å². The summed E-state index contributed by atoms with van der Waals surface area (Å²) in [7, 11) is 0. The number of rotatable bonds is 5. The maximum atomic E-state index is 11.5. The molecule has 1 aromatic heterocycles. The summed E-state index contributed by atoms with van der Waals surface area (Å²) in [6, 6.07) is -0.851. The van der Waals surface area contributed by atoms with Crippen LogP contribution in [0.2, 0.25) is 0 Å². The summed E-state index contributed by atoms with van der Waals surface area (Å²) < 4.78 is 5.10. The fourth-order valence-electron chi connectivity index (χ4n) is 1.32. The van der Waals surface area contributed by atoms with Gasteiger partial charge in [0.05, 0.1) is 18.3 Å². The third kappa shape index (κ3) is 7.79. The highest BCUT2D eigenvalue weighted by Crippen LogP contribution is 2.13. The summed E-state index contributed by atoms with van der Waals surface area (Å²) in [5, 5.41) is 7.43. The molecule has 3 N–H and O–H groups in total. The highest BCUT2D eigenvalue weighted by molar-refractivity contribution is 7.13. The summed E-state index contributed by atoms with van der Waals surface area (Å²) in [5.41, 5.74) is 2.49. The van der Waals surface area contributed by atoms with Crippen LogP contribution in [0.3, 0.4) is 0 Å². The number of amides is 3. The average Bonchev–Trinajstić information content (AvgIpc) is 2.71. The number of nitrogens with zero attached hydrogens (tertiary/aromatic N) is 1. The fraction of sp³-hybridized carbons (Fsp3) is 0.615. The Labute approximate surface area is 133 Å². The minimum atomic E-state index is -0.561. The molecule has 22 heavy (non-hydrogen) atoms. The van der Waals surface area contributed by atoms with Crippen LogP contribution in [0.5, 0.6) is 0 Å². The van der Waals surface area contributed by atoms with Crippen LogP contribution in [0.25, 0.3) is 0 Å². The van der Waals surface area contributed by atoms with Gasteiger partial charge in [0.25, 0.3) is 0 Å². The van der Waals surface area contributed by atoms with Gasteiger partial charge in [0, 0.05) is 5.38 Å². The second-order valence-electron chi connectivity index (χ2n) is 5.71. The van der Waals surface area contributed by atoms with E-state index in [2.05, 4.69) is 21.1 Å². The zero-order valence-electron chi connectivity index (χ0n) is 13.4. The number of thiazole rings is 1. The van der Waals surface area contributed by atoms with E-state index in [9.17, 15) is 9.59 Å². The number of aromatic nitrogens is 1. The molecule has 0 fully saturated rings. The third-order valence-electron chi connectivity index (χ3n) is 2.10.